The topological polar surface area (TPSA) is 91.3 Å². The van der Waals surface area contributed by atoms with Crippen LogP contribution in [0, 0.1) is 11.3 Å². The van der Waals surface area contributed by atoms with E-state index in [0.717, 1.165) is 55.6 Å². The number of aromatic amines is 1. The number of benzene rings is 1. The summed E-state index contributed by atoms with van der Waals surface area (Å²) in [5.41, 5.74) is 2.89. The fourth-order valence-electron chi connectivity index (χ4n) is 7.04. The van der Waals surface area contributed by atoms with E-state index in [4.69, 9.17) is 9.72 Å². The number of ether oxygens (including phenoxy) is 1. The molecule has 0 amide bonds. The Hall–Kier alpha value is -3.01. The van der Waals surface area contributed by atoms with E-state index in [-0.39, 0.29) is 12.0 Å². The van der Waals surface area contributed by atoms with Crippen molar-refractivity contribution in [2.45, 2.75) is 84.8 Å². The largest absolute Gasteiger partial charge is 0.466 e. The summed E-state index contributed by atoms with van der Waals surface area (Å²) in [6.45, 7) is 16.1. The van der Waals surface area contributed by atoms with E-state index in [9.17, 15) is 4.79 Å². The predicted octanol–water partition coefficient (Wildman–Crippen LogP) is 5.01. The maximum atomic E-state index is 11.7. The molecule has 240 valence electrons. The standard InChI is InChI=1S/C35H53N7O2/c1-4-44-33(43)11-10-29-6-8-30(9-7-29)25-39-31(24-32-36-15-16-37-32)34-38-17-23-42(34)19-5-18-41-22-14-35(27-41)12-20-40(21-13-35)26-28(2)3/h6-9,15-17,23,28,31,39H,4-5,10-14,18-22,24-27H2,1-3H3,(H,36,37). The van der Waals surface area contributed by atoms with E-state index in [2.05, 4.69) is 74.0 Å². The number of carbonyl (C=O) groups is 1. The van der Waals surface area contributed by atoms with Gasteiger partial charge in [-0.05, 0) is 87.7 Å². The first-order chi connectivity index (χ1) is 21.4. The average Bonchev–Trinajstić information content (AvgIpc) is 3.79. The quantitative estimate of drug-likeness (QED) is 0.223. The molecule has 3 aromatic rings. The molecule has 9 heteroatoms. The smallest absolute Gasteiger partial charge is 0.306 e. The Morgan fingerprint density at radius 3 is 2.48 bits per heavy atom. The van der Waals surface area contributed by atoms with Crippen molar-refractivity contribution in [3.63, 3.8) is 0 Å². The number of carbonyl (C=O) groups excluding carboxylic acids is 1. The van der Waals surface area contributed by atoms with Gasteiger partial charge < -0.3 is 29.4 Å². The molecular formula is C35H53N7O2. The minimum atomic E-state index is -0.142. The van der Waals surface area contributed by atoms with Crippen LogP contribution in [0.25, 0.3) is 0 Å². The Morgan fingerprint density at radius 2 is 1.77 bits per heavy atom. The van der Waals surface area contributed by atoms with E-state index < -0.39 is 0 Å². The van der Waals surface area contributed by atoms with Crippen LogP contribution in [0.4, 0.5) is 0 Å². The van der Waals surface area contributed by atoms with Gasteiger partial charge in [0.2, 0.25) is 0 Å². The monoisotopic (exact) mass is 603 g/mol. The highest BCUT2D eigenvalue weighted by Crippen LogP contribution is 2.40. The van der Waals surface area contributed by atoms with Crippen molar-refractivity contribution in [1.82, 2.24) is 34.6 Å². The Kier molecular flexibility index (Phi) is 11.6. The normalized spacial score (nSPS) is 17.9. The summed E-state index contributed by atoms with van der Waals surface area (Å²) in [5, 5.41) is 3.76. The van der Waals surface area contributed by atoms with Crippen molar-refractivity contribution < 1.29 is 9.53 Å². The van der Waals surface area contributed by atoms with Gasteiger partial charge in [0.25, 0.3) is 0 Å². The summed E-state index contributed by atoms with van der Waals surface area (Å²) in [7, 11) is 0. The van der Waals surface area contributed by atoms with Gasteiger partial charge in [-0.2, -0.15) is 0 Å². The number of esters is 1. The minimum absolute atomic E-state index is 0.0331. The van der Waals surface area contributed by atoms with E-state index in [0.29, 0.717) is 24.9 Å². The SMILES string of the molecule is CCOC(=O)CCc1ccc(CNC(Cc2ncc[nH]2)c2nccn2CCCN2CCC3(CCN(CC(C)C)CC3)C2)cc1. The maximum absolute atomic E-state index is 11.7. The number of nitrogens with zero attached hydrogens (tertiary/aromatic N) is 5. The third kappa shape index (κ3) is 9.25. The maximum Gasteiger partial charge on any atom is 0.306 e. The van der Waals surface area contributed by atoms with E-state index >= 15 is 0 Å². The number of imidazole rings is 2. The third-order valence-electron chi connectivity index (χ3n) is 9.44. The molecule has 0 radical (unpaired) electrons. The number of nitrogens with one attached hydrogen (secondary N) is 2. The molecule has 2 aliphatic heterocycles. The van der Waals surface area contributed by atoms with Crippen LogP contribution in [0.5, 0.6) is 0 Å². The van der Waals surface area contributed by atoms with Crippen LogP contribution in [-0.2, 0) is 35.5 Å². The molecule has 2 fully saturated rings. The van der Waals surface area contributed by atoms with Crippen LogP contribution in [0.3, 0.4) is 0 Å². The van der Waals surface area contributed by atoms with Gasteiger partial charge in [0.15, 0.2) is 0 Å². The first-order valence-corrected chi connectivity index (χ1v) is 16.8. The van der Waals surface area contributed by atoms with Crippen molar-refractivity contribution >= 4 is 5.97 Å². The van der Waals surface area contributed by atoms with Gasteiger partial charge in [-0.1, -0.05) is 38.1 Å². The van der Waals surface area contributed by atoms with Gasteiger partial charge in [-0.3, -0.25) is 4.79 Å². The second kappa shape index (κ2) is 15.8. The molecule has 1 aromatic carbocycles. The van der Waals surface area contributed by atoms with Crippen LogP contribution in [-0.4, -0.2) is 81.2 Å². The van der Waals surface area contributed by atoms with E-state index in [1.807, 2.05) is 25.5 Å². The van der Waals surface area contributed by atoms with Crippen LogP contribution in [0.15, 0.2) is 49.1 Å². The van der Waals surface area contributed by atoms with Crippen LogP contribution in [0.1, 0.15) is 81.7 Å². The molecule has 2 N–H and O–H groups in total. The molecular weight excluding hydrogens is 550 g/mol. The molecule has 1 unspecified atom stereocenters. The van der Waals surface area contributed by atoms with Crippen LogP contribution >= 0.6 is 0 Å². The zero-order valence-electron chi connectivity index (χ0n) is 27.1. The molecule has 0 saturated carbocycles. The van der Waals surface area contributed by atoms with Crippen molar-refractivity contribution in [3.05, 3.63) is 71.8 Å². The van der Waals surface area contributed by atoms with E-state index in [1.54, 1.807) is 0 Å². The minimum Gasteiger partial charge on any atom is -0.466 e. The number of piperidine rings is 1. The number of hydrogen-bond donors (Lipinski definition) is 2. The first-order valence-electron chi connectivity index (χ1n) is 16.8. The second-order valence-corrected chi connectivity index (χ2v) is 13.3. The summed E-state index contributed by atoms with van der Waals surface area (Å²) in [5.74, 6) is 2.63. The lowest BCUT2D eigenvalue weighted by molar-refractivity contribution is -0.143. The molecule has 1 spiro atoms. The number of H-pyrrole nitrogens is 1. The van der Waals surface area contributed by atoms with Crippen LogP contribution in [0.2, 0.25) is 0 Å². The van der Waals surface area contributed by atoms with Gasteiger partial charge in [0.1, 0.15) is 11.6 Å². The Labute approximate surface area is 263 Å². The number of likely N-dealkylation sites (tertiary alicyclic amines) is 2. The number of hydrogen-bond acceptors (Lipinski definition) is 7. The molecule has 4 heterocycles. The summed E-state index contributed by atoms with van der Waals surface area (Å²) in [6, 6.07) is 8.53. The molecule has 9 nitrogen and oxygen atoms in total. The van der Waals surface area contributed by atoms with Crippen LogP contribution < -0.4 is 5.32 Å². The zero-order chi connectivity index (χ0) is 30.8. The Balaban J connectivity index is 1.12. The lowest BCUT2D eigenvalue weighted by Crippen LogP contribution is -2.42. The lowest BCUT2D eigenvalue weighted by Gasteiger charge is -2.40. The van der Waals surface area contributed by atoms with Gasteiger partial charge in [-0.25, -0.2) is 9.97 Å². The number of aromatic nitrogens is 4. The Morgan fingerprint density at radius 1 is 1.02 bits per heavy atom. The summed E-state index contributed by atoms with van der Waals surface area (Å²) < 4.78 is 7.39. The highest BCUT2D eigenvalue weighted by atomic mass is 16.5. The molecule has 1 atom stereocenters. The highest BCUT2D eigenvalue weighted by Gasteiger charge is 2.40. The first kappa shape index (κ1) is 32.4. The van der Waals surface area contributed by atoms with Gasteiger partial charge in [-0.15, -0.1) is 0 Å². The molecule has 2 saturated heterocycles. The zero-order valence-corrected chi connectivity index (χ0v) is 27.1. The Bertz CT molecular complexity index is 1260. The molecule has 44 heavy (non-hydrogen) atoms. The van der Waals surface area contributed by atoms with E-state index in [1.165, 1.54) is 57.5 Å². The fraction of sp³-hybridized carbons (Fsp3) is 0.629. The molecule has 0 bridgehead atoms. The molecule has 0 aliphatic carbocycles. The van der Waals surface area contributed by atoms with Crippen molar-refractivity contribution in [2.75, 3.05) is 45.9 Å². The summed E-state index contributed by atoms with van der Waals surface area (Å²) in [6.07, 6.45) is 14.8. The number of rotatable bonds is 16. The van der Waals surface area contributed by atoms with Crippen molar-refractivity contribution in [3.8, 4) is 0 Å². The van der Waals surface area contributed by atoms with Gasteiger partial charge >= 0.3 is 5.97 Å². The summed E-state index contributed by atoms with van der Waals surface area (Å²) >= 11 is 0. The van der Waals surface area contributed by atoms with Gasteiger partial charge in [0.05, 0.1) is 12.6 Å². The summed E-state index contributed by atoms with van der Waals surface area (Å²) in [4.78, 5) is 29.7. The average molecular weight is 604 g/mol. The van der Waals surface area contributed by atoms with Crippen molar-refractivity contribution in [1.29, 1.82) is 0 Å². The fourth-order valence-corrected chi connectivity index (χ4v) is 7.04. The predicted molar refractivity (Wildman–Crippen MR) is 174 cm³/mol. The van der Waals surface area contributed by atoms with Gasteiger partial charge in [0, 0.05) is 63.8 Å². The molecule has 2 aromatic heterocycles. The molecule has 2 aliphatic rings. The highest BCUT2D eigenvalue weighted by molar-refractivity contribution is 5.69. The third-order valence-corrected chi connectivity index (χ3v) is 9.44. The number of aryl methyl sites for hydroxylation is 2. The molecule has 5 rings (SSSR count). The second-order valence-electron chi connectivity index (χ2n) is 13.3. The lowest BCUT2D eigenvalue weighted by atomic mass is 9.77. The van der Waals surface area contributed by atoms with Crippen molar-refractivity contribution in [2.24, 2.45) is 11.3 Å².